The highest BCUT2D eigenvalue weighted by atomic mass is 16.6. The first-order valence-corrected chi connectivity index (χ1v) is 8.18. The number of ether oxygens (including phenoxy) is 2. The third-order valence-corrected chi connectivity index (χ3v) is 4.89. The van der Waals surface area contributed by atoms with Gasteiger partial charge in [-0.1, -0.05) is 6.07 Å². The van der Waals surface area contributed by atoms with Gasteiger partial charge in [-0.05, 0) is 25.0 Å². The van der Waals surface area contributed by atoms with Crippen LogP contribution in [0.3, 0.4) is 0 Å². The summed E-state index contributed by atoms with van der Waals surface area (Å²) in [5.41, 5.74) is -0.532. The smallest absolute Gasteiger partial charge is 0.327 e. The van der Waals surface area contributed by atoms with Gasteiger partial charge < -0.3 is 19.0 Å². The van der Waals surface area contributed by atoms with E-state index < -0.39 is 28.4 Å². The van der Waals surface area contributed by atoms with E-state index in [0.717, 1.165) is 20.4 Å². The van der Waals surface area contributed by atoms with Crippen LogP contribution >= 0.6 is 0 Å². The molecule has 9 heteroatoms. The molecule has 1 atom stereocenters. The molecule has 0 spiro atoms. The lowest BCUT2D eigenvalue weighted by atomic mass is 9.69. The lowest BCUT2D eigenvalue weighted by Crippen LogP contribution is -2.48. The molecule has 2 aromatic rings. The van der Waals surface area contributed by atoms with Crippen molar-refractivity contribution in [2.75, 3.05) is 14.2 Å². The number of methoxy groups -OCH3 is 2. The molecule has 0 aliphatic heterocycles. The van der Waals surface area contributed by atoms with Crippen molar-refractivity contribution < 1.29 is 29.1 Å². The van der Waals surface area contributed by atoms with Gasteiger partial charge >= 0.3 is 11.9 Å². The standard InChI is InChI=1S/C18H18N2O7/c1-26-16(22)18(17(23)27-2)8-6-13(21)15-14(18)11(7-10-20(24)25)12-5-3-4-9-19(12)15/h3-5,7,9-10,13,21H,6,8H2,1-2H3/b10-7+. The van der Waals surface area contributed by atoms with Gasteiger partial charge in [0.2, 0.25) is 6.20 Å². The molecule has 1 aliphatic rings. The summed E-state index contributed by atoms with van der Waals surface area (Å²) in [6.45, 7) is 0. The molecule has 0 bridgehead atoms. The van der Waals surface area contributed by atoms with Gasteiger partial charge in [0.1, 0.15) is 0 Å². The van der Waals surface area contributed by atoms with Crippen LogP contribution in [-0.4, -0.2) is 40.6 Å². The van der Waals surface area contributed by atoms with Crippen LogP contribution in [0.25, 0.3) is 11.6 Å². The Bertz CT molecular complexity index is 944. The zero-order valence-electron chi connectivity index (χ0n) is 14.7. The van der Waals surface area contributed by atoms with Crippen LogP contribution < -0.4 is 0 Å². The second-order valence-electron chi connectivity index (χ2n) is 6.17. The highest BCUT2D eigenvalue weighted by Crippen LogP contribution is 2.48. The van der Waals surface area contributed by atoms with Crippen LogP contribution in [0.15, 0.2) is 30.6 Å². The van der Waals surface area contributed by atoms with Crippen molar-refractivity contribution in [3.05, 3.63) is 57.5 Å². The molecule has 142 valence electrons. The summed E-state index contributed by atoms with van der Waals surface area (Å²) in [5, 5.41) is 21.5. The molecular formula is C18H18N2O7. The minimum absolute atomic E-state index is 0.0449. The first-order valence-electron chi connectivity index (χ1n) is 8.18. The lowest BCUT2D eigenvalue weighted by molar-refractivity contribution is -0.400. The van der Waals surface area contributed by atoms with Gasteiger partial charge in [0.25, 0.3) is 0 Å². The maximum absolute atomic E-state index is 12.8. The molecule has 9 nitrogen and oxygen atoms in total. The van der Waals surface area contributed by atoms with Crippen LogP contribution in [-0.2, 0) is 24.5 Å². The predicted molar refractivity (Wildman–Crippen MR) is 93.3 cm³/mol. The molecule has 2 heterocycles. The maximum atomic E-state index is 12.8. The number of carbonyl (C=O) groups is 2. The van der Waals surface area contributed by atoms with Crippen molar-refractivity contribution in [3.8, 4) is 0 Å². The first kappa shape index (κ1) is 18.6. The van der Waals surface area contributed by atoms with E-state index >= 15 is 0 Å². The maximum Gasteiger partial charge on any atom is 0.327 e. The quantitative estimate of drug-likeness (QED) is 0.373. The van der Waals surface area contributed by atoms with Gasteiger partial charge in [0.15, 0.2) is 5.41 Å². The highest BCUT2D eigenvalue weighted by molar-refractivity contribution is 6.08. The Morgan fingerprint density at radius 1 is 1.33 bits per heavy atom. The number of hydrogen-bond acceptors (Lipinski definition) is 7. The largest absolute Gasteiger partial charge is 0.468 e. The van der Waals surface area contributed by atoms with E-state index in [9.17, 15) is 24.8 Å². The minimum Gasteiger partial charge on any atom is -0.468 e. The van der Waals surface area contributed by atoms with Crippen molar-refractivity contribution in [1.29, 1.82) is 0 Å². The monoisotopic (exact) mass is 374 g/mol. The number of pyridine rings is 1. The van der Waals surface area contributed by atoms with Gasteiger partial charge in [0.05, 0.1) is 36.5 Å². The molecule has 27 heavy (non-hydrogen) atoms. The second kappa shape index (κ2) is 6.84. The van der Waals surface area contributed by atoms with Crippen molar-refractivity contribution >= 4 is 23.5 Å². The Balaban J connectivity index is 2.47. The SMILES string of the molecule is COC(=O)C1(C(=O)OC)CCC(O)c2c1c(/C=C/[N+](=O)[O-])c1ccccn21. The number of carbonyl (C=O) groups excluding carboxylic acids is 2. The molecular weight excluding hydrogens is 356 g/mol. The molecule has 0 amide bonds. The van der Waals surface area contributed by atoms with Gasteiger partial charge in [0, 0.05) is 23.4 Å². The van der Waals surface area contributed by atoms with E-state index in [4.69, 9.17) is 9.47 Å². The second-order valence-corrected chi connectivity index (χ2v) is 6.17. The zero-order valence-corrected chi connectivity index (χ0v) is 14.7. The van der Waals surface area contributed by atoms with Gasteiger partial charge in [-0.25, -0.2) is 0 Å². The molecule has 0 saturated carbocycles. The molecule has 0 radical (unpaired) electrons. The topological polar surface area (TPSA) is 120 Å². The summed E-state index contributed by atoms with van der Waals surface area (Å²) < 4.78 is 11.4. The van der Waals surface area contributed by atoms with Crippen molar-refractivity contribution in [2.24, 2.45) is 0 Å². The van der Waals surface area contributed by atoms with Crippen LogP contribution in [0.5, 0.6) is 0 Å². The highest BCUT2D eigenvalue weighted by Gasteiger charge is 2.56. The Morgan fingerprint density at radius 3 is 2.59 bits per heavy atom. The predicted octanol–water partition coefficient (Wildman–Crippen LogP) is 1.60. The summed E-state index contributed by atoms with van der Waals surface area (Å²) in [6.07, 6.45) is 2.71. The number of hydrogen-bond donors (Lipinski definition) is 1. The van der Waals surface area contributed by atoms with Crippen LogP contribution in [0.1, 0.15) is 35.8 Å². The average molecular weight is 374 g/mol. The third-order valence-electron chi connectivity index (χ3n) is 4.89. The van der Waals surface area contributed by atoms with Crippen molar-refractivity contribution in [3.63, 3.8) is 0 Å². The van der Waals surface area contributed by atoms with Crippen LogP contribution in [0, 0.1) is 10.1 Å². The Labute approximate surface area is 154 Å². The van der Waals surface area contributed by atoms with E-state index in [1.165, 1.54) is 6.08 Å². The molecule has 0 fully saturated rings. The summed E-state index contributed by atoms with van der Waals surface area (Å²) >= 11 is 0. The fraction of sp³-hybridized carbons (Fsp3) is 0.333. The fourth-order valence-corrected chi connectivity index (χ4v) is 3.79. The zero-order chi connectivity index (χ0) is 19.8. The molecule has 1 unspecified atom stereocenters. The third kappa shape index (κ3) is 2.67. The van der Waals surface area contributed by atoms with Gasteiger partial charge in [-0.2, -0.15) is 0 Å². The van der Waals surface area contributed by atoms with E-state index in [0.29, 0.717) is 11.2 Å². The van der Waals surface area contributed by atoms with Crippen LogP contribution in [0.4, 0.5) is 0 Å². The van der Waals surface area contributed by atoms with Gasteiger partial charge in [-0.3, -0.25) is 19.7 Å². The first-order chi connectivity index (χ1) is 12.9. The normalized spacial score (nSPS) is 18.3. The number of nitro groups is 1. The molecule has 0 saturated heterocycles. The van der Waals surface area contributed by atoms with Crippen molar-refractivity contribution in [1.82, 2.24) is 4.40 Å². The summed E-state index contributed by atoms with van der Waals surface area (Å²) in [6, 6.07) is 5.12. The number of aliphatic hydroxyl groups is 1. The number of aromatic nitrogens is 1. The Morgan fingerprint density at radius 2 is 2.00 bits per heavy atom. The van der Waals surface area contributed by atoms with Crippen LogP contribution in [0.2, 0.25) is 0 Å². The summed E-state index contributed by atoms with van der Waals surface area (Å²) in [7, 11) is 2.31. The van der Waals surface area contributed by atoms with Gasteiger partial charge in [-0.15, -0.1) is 0 Å². The van der Waals surface area contributed by atoms with E-state index in [1.54, 1.807) is 28.8 Å². The van der Waals surface area contributed by atoms with E-state index in [-0.39, 0.29) is 24.0 Å². The number of nitrogens with zero attached hydrogens (tertiary/aromatic N) is 2. The van der Waals surface area contributed by atoms with E-state index in [2.05, 4.69) is 0 Å². The molecule has 0 aromatic carbocycles. The lowest BCUT2D eigenvalue weighted by Gasteiger charge is -2.34. The van der Waals surface area contributed by atoms with E-state index in [1.807, 2.05) is 0 Å². The number of rotatable bonds is 4. The average Bonchev–Trinajstić information content (AvgIpc) is 3.01. The number of esters is 2. The Kier molecular flexibility index (Phi) is 4.71. The van der Waals surface area contributed by atoms with Crippen molar-refractivity contribution in [2.45, 2.75) is 24.4 Å². The number of fused-ring (bicyclic) bond motifs is 3. The molecule has 1 aliphatic carbocycles. The fourth-order valence-electron chi connectivity index (χ4n) is 3.79. The summed E-state index contributed by atoms with van der Waals surface area (Å²) in [5.74, 6) is -1.68. The Hall–Kier alpha value is -3.20. The molecule has 3 rings (SSSR count). The minimum atomic E-state index is -1.82. The molecule has 2 aromatic heterocycles. The molecule has 1 N–H and O–H groups in total. The summed E-state index contributed by atoms with van der Waals surface area (Å²) in [4.78, 5) is 35.7. The number of aliphatic hydroxyl groups excluding tert-OH is 1.